The Balaban J connectivity index is 2.18. The molecule has 2 nitrogen and oxygen atoms in total. The average molecular weight is 273 g/mol. The van der Waals surface area contributed by atoms with Crippen LogP contribution in [0.1, 0.15) is 57.2 Å². The third-order valence-electron chi connectivity index (χ3n) is 4.38. The van der Waals surface area contributed by atoms with Crippen molar-refractivity contribution < 1.29 is 4.79 Å². The lowest BCUT2D eigenvalue weighted by atomic mass is 9.93. The molecule has 0 amide bonds. The number of nitrogens with zero attached hydrogens (tertiary/aromatic N) is 1. The van der Waals surface area contributed by atoms with E-state index in [1.165, 1.54) is 24.0 Å². The van der Waals surface area contributed by atoms with Crippen molar-refractivity contribution in [2.75, 3.05) is 13.1 Å². The van der Waals surface area contributed by atoms with Gasteiger partial charge in [0, 0.05) is 19.0 Å². The molecule has 1 aliphatic heterocycles. The van der Waals surface area contributed by atoms with Gasteiger partial charge in [0.15, 0.2) is 0 Å². The minimum absolute atomic E-state index is 0.265. The maximum Gasteiger partial charge on any atom is 0.131 e. The van der Waals surface area contributed by atoms with E-state index in [1.54, 1.807) is 6.92 Å². The quantitative estimate of drug-likeness (QED) is 0.808. The van der Waals surface area contributed by atoms with Gasteiger partial charge in [-0.15, -0.1) is 0 Å². The molecular weight excluding hydrogens is 246 g/mol. The van der Waals surface area contributed by atoms with E-state index in [0.717, 1.165) is 25.4 Å². The van der Waals surface area contributed by atoms with Crippen LogP contribution in [0.25, 0.3) is 0 Å². The summed E-state index contributed by atoms with van der Waals surface area (Å²) in [6.45, 7) is 8.44. The Hall–Kier alpha value is -1.15. The van der Waals surface area contributed by atoms with Crippen molar-refractivity contribution >= 4 is 5.78 Å². The molecule has 0 aromatic heterocycles. The molecule has 0 aliphatic carbocycles. The minimum Gasteiger partial charge on any atom is -0.300 e. The van der Waals surface area contributed by atoms with Crippen LogP contribution in [0.15, 0.2) is 24.3 Å². The lowest BCUT2D eigenvalue weighted by Crippen LogP contribution is -2.38. The molecule has 0 N–H and O–H groups in total. The second-order valence-electron chi connectivity index (χ2n) is 6.26. The predicted octanol–water partition coefficient (Wildman–Crippen LogP) is 4.00. The van der Waals surface area contributed by atoms with Crippen molar-refractivity contribution in [2.24, 2.45) is 5.92 Å². The van der Waals surface area contributed by atoms with Crippen LogP contribution in [0.5, 0.6) is 0 Å². The summed E-state index contributed by atoms with van der Waals surface area (Å²) in [6.07, 6.45) is 4.28. The first-order chi connectivity index (χ1) is 9.60. The number of carbonyl (C=O) groups is 1. The average Bonchev–Trinajstić information content (AvgIpc) is 2.45. The van der Waals surface area contributed by atoms with Gasteiger partial charge in [-0.05, 0) is 49.8 Å². The molecular formula is C18H27NO. The molecule has 1 heterocycles. The summed E-state index contributed by atoms with van der Waals surface area (Å²) in [5.41, 5.74) is 2.66. The topological polar surface area (TPSA) is 20.3 Å². The van der Waals surface area contributed by atoms with Crippen molar-refractivity contribution in [3.8, 4) is 0 Å². The lowest BCUT2D eigenvalue weighted by Gasteiger charge is -2.37. The van der Waals surface area contributed by atoms with Crippen LogP contribution in [-0.4, -0.2) is 23.8 Å². The highest BCUT2D eigenvalue weighted by Crippen LogP contribution is 2.29. The van der Waals surface area contributed by atoms with Crippen LogP contribution in [0, 0.1) is 5.92 Å². The van der Waals surface area contributed by atoms with E-state index in [2.05, 4.69) is 43.0 Å². The van der Waals surface area contributed by atoms with Crippen LogP contribution in [0.3, 0.4) is 0 Å². The van der Waals surface area contributed by atoms with E-state index in [-0.39, 0.29) is 11.8 Å². The highest BCUT2D eigenvalue weighted by atomic mass is 16.1. The second kappa shape index (κ2) is 7.03. The van der Waals surface area contributed by atoms with Gasteiger partial charge < -0.3 is 0 Å². The number of carbonyl (C=O) groups excluding carboxylic acids is 1. The molecule has 1 aliphatic rings. The van der Waals surface area contributed by atoms with Crippen LogP contribution in [0.4, 0.5) is 0 Å². The summed E-state index contributed by atoms with van der Waals surface area (Å²) in [6, 6.07) is 9.10. The minimum atomic E-state index is 0.265. The van der Waals surface area contributed by atoms with Crippen LogP contribution in [0.2, 0.25) is 0 Å². The Bertz CT molecular complexity index is 437. The van der Waals surface area contributed by atoms with Crippen LogP contribution >= 0.6 is 0 Å². The molecule has 1 aromatic carbocycles. The first kappa shape index (κ1) is 15.2. The highest BCUT2D eigenvalue weighted by molar-refractivity contribution is 5.76. The zero-order valence-corrected chi connectivity index (χ0v) is 13.1. The van der Waals surface area contributed by atoms with E-state index in [1.807, 2.05) is 0 Å². The highest BCUT2D eigenvalue weighted by Gasteiger charge is 2.26. The number of likely N-dealkylation sites (tertiary alicyclic amines) is 1. The van der Waals surface area contributed by atoms with Crippen molar-refractivity contribution in [3.63, 3.8) is 0 Å². The van der Waals surface area contributed by atoms with Gasteiger partial charge >= 0.3 is 0 Å². The van der Waals surface area contributed by atoms with Gasteiger partial charge in [0.05, 0.1) is 0 Å². The van der Waals surface area contributed by atoms with E-state index in [4.69, 9.17) is 0 Å². The van der Waals surface area contributed by atoms with Gasteiger partial charge in [0.25, 0.3) is 0 Å². The maximum absolute atomic E-state index is 11.6. The summed E-state index contributed by atoms with van der Waals surface area (Å²) in [5, 5.41) is 0. The SMILES string of the molecule is CCc1ccc(C(CC(C)=O)N2CCCC(C)C2)cc1. The zero-order valence-electron chi connectivity index (χ0n) is 13.1. The summed E-state index contributed by atoms with van der Waals surface area (Å²) in [7, 11) is 0. The molecule has 0 bridgehead atoms. The van der Waals surface area contributed by atoms with Gasteiger partial charge in [0.2, 0.25) is 0 Å². The fourth-order valence-electron chi connectivity index (χ4n) is 3.21. The number of hydrogen-bond donors (Lipinski definition) is 0. The molecule has 1 saturated heterocycles. The first-order valence-electron chi connectivity index (χ1n) is 7.92. The van der Waals surface area contributed by atoms with E-state index in [9.17, 15) is 4.79 Å². The fraction of sp³-hybridized carbons (Fsp3) is 0.611. The van der Waals surface area contributed by atoms with Crippen LogP contribution in [-0.2, 0) is 11.2 Å². The molecule has 1 fully saturated rings. The van der Waals surface area contributed by atoms with Gasteiger partial charge in [-0.2, -0.15) is 0 Å². The summed E-state index contributed by atoms with van der Waals surface area (Å²) < 4.78 is 0. The van der Waals surface area contributed by atoms with Gasteiger partial charge in [-0.25, -0.2) is 0 Å². The molecule has 2 unspecified atom stereocenters. The molecule has 1 aromatic rings. The largest absolute Gasteiger partial charge is 0.300 e. The summed E-state index contributed by atoms with van der Waals surface area (Å²) >= 11 is 0. The maximum atomic E-state index is 11.6. The Labute approximate surface area is 123 Å². The van der Waals surface area contributed by atoms with Crippen molar-refractivity contribution in [1.82, 2.24) is 4.90 Å². The smallest absolute Gasteiger partial charge is 0.131 e. The van der Waals surface area contributed by atoms with Crippen molar-refractivity contribution in [1.29, 1.82) is 0 Å². The number of benzene rings is 1. The molecule has 0 spiro atoms. The predicted molar refractivity (Wildman–Crippen MR) is 83.8 cm³/mol. The Morgan fingerprint density at radius 3 is 2.60 bits per heavy atom. The zero-order chi connectivity index (χ0) is 14.5. The fourth-order valence-corrected chi connectivity index (χ4v) is 3.21. The van der Waals surface area contributed by atoms with Gasteiger partial charge in [-0.3, -0.25) is 9.69 Å². The molecule has 0 radical (unpaired) electrons. The number of Topliss-reactive ketones (excluding diaryl/α,β-unsaturated/α-hetero) is 1. The number of hydrogen-bond acceptors (Lipinski definition) is 2. The Morgan fingerprint density at radius 1 is 1.35 bits per heavy atom. The normalized spacial score (nSPS) is 21.6. The van der Waals surface area contributed by atoms with Crippen molar-refractivity contribution in [3.05, 3.63) is 35.4 Å². The molecule has 2 rings (SSSR count). The Morgan fingerprint density at radius 2 is 2.05 bits per heavy atom. The van der Waals surface area contributed by atoms with Crippen molar-refractivity contribution in [2.45, 2.75) is 52.5 Å². The lowest BCUT2D eigenvalue weighted by molar-refractivity contribution is -0.118. The molecule has 2 atom stereocenters. The van der Waals surface area contributed by atoms with E-state index in [0.29, 0.717) is 6.42 Å². The van der Waals surface area contributed by atoms with Crippen LogP contribution < -0.4 is 0 Å². The van der Waals surface area contributed by atoms with Gasteiger partial charge in [0.1, 0.15) is 5.78 Å². The summed E-state index contributed by atoms with van der Waals surface area (Å²) in [4.78, 5) is 14.2. The number of piperidine rings is 1. The third-order valence-corrected chi connectivity index (χ3v) is 4.38. The summed E-state index contributed by atoms with van der Waals surface area (Å²) in [5.74, 6) is 1.03. The number of ketones is 1. The monoisotopic (exact) mass is 273 g/mol. The first-order valence-corrected chi connectivity index (χ1v) is 7.92. The second-order valence-corrected chi connectivity index (χ2v) is 6.26. The molecule has 2 heteroatoms. The standard InChI is InChI=1S/C18H27NO/c1-4-16-7-9-17(10-8-16)18(12-15(3)20)19-11-5-6-14(2)13-19/h7-10,14,18H,4-6,11-13H2,1-3H3. The van der Waals surface area contributed by atoms with E-state index < -0.39 is 0 Å². The molecule has 110 valence electrons. The number of rotatable bonds is 5. The Kier molecular flexibility index (Phi) is 5.36. The van der Waals surface area contributed by atoms with Gasteiger partial charge in [-0.1, -0.05) is 38.1 Å². The van der Waals surface area contributed by atoms with E-state index >= 15 is 0 Å². The molecule has 20 heavy (non-hydrogen) atoms. The molecule has 0 saturated carbocycles. The third kappa shape index (κ3) is 3.92. The number of aryl methyl sites for hydroxylation is 1.